The Hall–Kier alpha value is -2.42. The van der Waals surface area contributed by atoms with Gasteiger partial charge < -0.3 is 9.47 Å². The Kier molecular flexibility index (Phi) is 7.12. The van der Waals surface area contributed by atoms with Crippen molar-refractivity contribution in [3.05, 3.63) is 58.6 Å². The van der Waals surface area contributed by atoms with Gasteiger partial charge in [0.15, 0.2) is 12.4 Å². The maximum absolute atomic E-state index is 12.8. The molecule has 0 spiro atoms. The number of Topliss-reactive ketones (excluding diaryl/α,β-unsaturated/α-hetero) is 1. The molecule has 1 heterocycles. The number of benzene rings is 2. The van der Waals surface area contributed by atoms with Crippen LogP contribution < -0.4 is 4.74 Å². The molecule has 0 aliphatic carbocycles. The molecule has 1 aliphatic rings. The molecule has 30 heavy (non-hydrogen) atoms. The first kappa shape index (κ1) is 22.3. The van der Waals surface area contributed by atoms with E-state index in [0.717, 1.165) is 19.3 Å². The van der Waals surface area contributed by atoms with Crippen LogP contribution in [0.2, 0.25) is 5.02 Å². The minimum Gasteiger partial charge on any atom is -0.497 e. The second kappa shape index (κ2) is 9.59. The predicted octanol–water partition coefficient (Wildman–Crippen LogP) is 3.56. The lowest BCUT2D eigenvalue weighted by Gasteiger charge is -2.26. The van der Waals surface area contributed by atoms with Gasteiger partial charge in [0.1, 0.15) is 5.75 Å². The average Bonchev–Trinajstić information content (AvgIpc) is 2.78. The Morgan fingerprint density at radius 3 is 2.33 bits per heavy atom. The summed E-state index contributed by atoms with van der Waals surface area (Å²) in [5.74, 6) is -0.668. The molecule has 0 radical (unpaired) electrons. The summed E-state index contributed by atoms with van der Waals surface area (Å²) in [7, 11) is -2.21. The van der Waals surface area contributed by atoms with Crippen LogP contribution in [0.3, 0.4) is 0 Å². The Balaban J connectivity index is 1.72. The zero-order valence-corrected chi connectivity index (χ0v) is 18.0. The molecule has 9 heteroatoms. The number of ether oxygens (including phenoxy) is 2. The number of halogens is 1. The third-order valence-electron chi connectivity index (χ3n) is 4.86. The fourth-order valence-corrected chi connectivity index (χ4v) is 4.88. The molecule has 0 unspecified atom stereocenters. The Bertz CT molecular complexity index is 1030. The fraction of sp³-hybridized carbons (Fsp3) is 0.333. The van der Waals surface area contributed by atoms with E-state index in [1.807, 2.05) is 0 Å². The van der Waals surface area contributed by atoms with E-state index in [4.69, 9.17) is 21.1 Å². The molecule has 0 bridgehead atoms. The van der Waals surface area contributed by atoms with Crippen LogP contribution in [0.5, 0.6) is 5.75 Å². The number of hydrogen-bond donors (Lipinski definition) is 0. The van der Waals surface area contributed by atoms with Gasteiger partial charge in [0.2, 0.25) is 10.0 Å². The lowest BCUT2D eigenvalue weighted by molar-refractivity contribution is 0.0474. The van der Waals surface area contributed by atoms with Crippen LogP contribution >= 0.6 is 11.6 Å². The van der Waals surface area contributed by atoms with Crippen molar-refractivity contribution >= 4 is 33.4 Å². The molecule has 0 saturated carbocycles. The van der Waals surface area contributed by atoms with E-state index >= 15 is 0 Å². The zero-order valence-electron chi connectivity index (χ0n) is 16.5. The molecule has 0 amide bonds. The number of hydrogen-bond acceptors (Lipinski definition) is 6. The van der Waals surface area contributed by atoms with Crippen molar-refractivity contribution in [1.29, 1.82) is 0 Å². The van der Waals surface area contributed by atoms with Crippen molar-refractivity contribution in [3.63, 3.8) is 0 Å². The van der Waals surface area contributed by atoms with Gasteiger partial charge in [0, 0.05) is 18.7 Å². The van der Waals surface area contributed by atoms with Gasteiger partial charge in [-0.05, 0) is 55.3 Å². The molecule has 160 valence electrons. The highest BCUT2D eigenvalue weighted by Gasteiger charge is 2.27. The van der Waals surface area contributed by atoms with Gasteiger partial charge in [-0.15, -0.1) is 0 Å². The highest BCUT2D eigenvalue weighted by atomic mass is 35.5. The Morgan fingerprint density at radius 2 is 1.70 bits per heavy atom. The summed E-state index contributed by atoms with van der Waals surface area (Å²) in [5.41, 5.74) is 0.258. The number of rotatable bonds is 7. The number of carbonyl (C=O) groups is 2. The number of ketones is 1. The second-order valence-corrected chi connectivity index (χ2v) is 9.18. The average molecular weight is 452 g/mol. The summed E-state index contributed by atoms with van der Waals surface area (Å²) in [6, 6.07) is 10.3. The molecule has 2 aromatic rings. The number of piperidine rings is 1. The molecule has 0 N–H and O–H groups in total. The first-order chi connectivity index (χ1) is 14.3. The molecular formula is C21H22ClNO6S. The quantitative estimate of drug-likeness (QED) is 0.472. The van der Waals surface area contributed by atoms with E-state index in [9.17, 15) is 18.0 Å². The molecule has 0 aromatic heterocycles. The summed E-state index contributed by atoms with van der Waals surface area (Å²) < 4.78 is 37.2. The molecule has 7 nitrogen and oxygen atoms in total. The van der Waals surface area contributed by atoms with Gasteiger partial charge in [0.25, 0.3) is 0 Å². The van der Waals surface area contributed by atoms with Crippen LogP contribution in [0, 0.1) is 0 Å². The van der Waals surface area contributed by atoms with E-state index < -0.39 is 28.4 Å². The number of sulfonamides is 1. The summed E-state index contributed by atoms with van der Waals surface area (Å²) in [6.07, 6.45) is 2.59. The van der Waals surface area contributed by atoms with Crippen LogP contribution in [-0.4, -0.2) is 51.3 Å². The van der Waals surface area contributed by atoms with Crippen molar-refractivity contribution in [1.82, 2.24) is 4.31 Å². The van der Waals surface area contributed by atoms with E-state index in [1.54, 1.807) is 24.3 Å². The molecule has 1 aliphatic heterocycles. The summed E-state index contributed by atoms with van der Waals surface area (Å²) >= 11 is 6.08. The van der Waals surface area contributed by atoms with Gasteiger partial charge in [-0.1, -0.05) is 18.0 Å². The molecule has 3 rings (SSSR count). The van der Waals surface area contributed by atoms with E-state index in [0.29, 0.717) is 24.4 Å². The minimum atomic E-state index is -3.73. The first-order valence-electron chi connectivity index (χ1n) is 9.47. The fourth-order valence-electron chi connectivity index (χ4n) is 3.14. The number of carbonyl (C=O) groups excluding carboxylic acids is 2. The molecular weight excluding hydrogens is 430 g/mol. The largest absolute Gasteiger partial charge is 0.497 e. The first-order valence-corrected chi connectivity index (χ1v) is 11.3. The van der Waals surface area contributed by atoms with Crippen molar-refractivity contribution in [2.45, 2.75) is 24.2 Å². The Labute approximate surface area is 180 Å². The topological polar surface area (TPSA) is 90.0 Å². The summed E-state index contributed by atoms with van der Waals surface area (Å²) in [6.45, 7) is 0.396. The monoisotopic (exact) mass is 451 g/mol. The number of esters is 1. The van der Waals surface area contributed by atoms with E-state index in [2.05, 4.69) is 0 Å². The van der Waals surface area contributed by atoms with Crippen molar-refractivity contribution < 1.29 is 27.5 Å². The van der Waals surface area contributed by atoms with Crippen LogP contribution in [-0.2, 0) is 14.8 Å². The zero-order chi connectivity index (χ0) is 21.7. The molecule has 1 fully saturated rings. The normalized spacial score (nSPS) is 14.9. The van der Waals surface area contributed by atoms with E-state index in [-0.39, 0.29) is 15.5 Å². The van der Waals surface area contributed by atoms with Gasteiger partial charge in [0.05, 0.1) is 22.6 Å². The summed E-state index contributed by atoms with van der Waals surface area (Å²) in [4.78, 5) is 24.7. The van der Waals surface area contributed by atoms with Gasteiger partial charge in [-0.25, -0.2) is 13.2 Å². The maximum Gasteiger partial charge on any atom is 0.340 e. The van der Waals surface area contributed by atoms with Gasteiger partial charge in [-0.3, -0.25) is 4.79 Å². The SMILES string of the molecule is COc1ccc(C(=O)COC(=O)c2cc(S(=O)(=O)N3CCCCC3)ccc2Cl)cc1. The predicted molar refractivity (Wildman–Crippen MR) is 112 cm³/mol. The third-order valence-corrected chi connectivity index (χ3v) is 7.08. The van der Waals surface area contributed by atoms with E-state index in [1.165, 1.54) is 29.6 Å². The van der Waals surface area contributed by atoms with Gasteiger partial charge in [-0.2, -0.15) is 4.31 Å². The van der Waals surface area contributed by atoms with Crippen molar-refractivity contribution in [2.75, 3.05) is 26.8 Å². The summed E-state index contributed by atoms with van der Waals surface area (Å²) in [5, 5.41) is 0.0505. The maximum atomic E-state index is 12.8. The van der Waals surface area contributed by atoms with Crippen LogP contribution in [0.25, 0.3) is 0 Å². The molecule has 0 atom stereocenters. The third kappa shape index (κ3) is 5.00. The van der Waals surface area contributed by atoms with Crippen LogP contribution in [0.4, 0.5) is 0 Å². The molecule has 2 aromatic carbocycles. The molecule has 1 saturated heterocycles. The standard InChI is InChI=1S/C21H22ClNO6S/c1-28-16-7-5-15(6-8-16)20(24)14-29-21(25)18-13-17(9-10-19(18)22)30(26,27)23-11-3-2-4-12-23/h5-10,13H,2-4,11-12,14H2,1H3. The highest BCUT2D eigenvalue weighted by Crippen LogP contribution is 2.25. The smallest absolute Gasteiger partial charge is 0.340 e. The minimum absolute atomic E-state index is 0.0257. The van der Waals surface area contributed by atoms with Crippen molar-refractivity contribution in [2.24, 2.45) is 0 Å². The van der Waals surface area contributed by atoms with Crippen LogP contribution in [0.1, 0.15) is 40.0 Å². The van der Waals surface area contributed by atoms with Crippen LogP contribution in [0.15, 0.2) is 47.4 Å². The lowest BCUT2D eigenvalue weighted by atomic mass is 10.1. The Morgan fingerprint density at radius 1 is 1.03 bits per heavy atom. The van der Waals surface area contributed by atoms with Gasteiger partial charge >= 0.3 is 5.97 Å². The highest BCUT2D eigenvalue weighted by molar-refractivity contribution is 7.89. The number of nitrogens with zero attached hydrogens (tertiary/aromatic N) is 1. The van der Waals surface area contributed by atoms with Crippen molar-refractivity contribution in [3.8, 4) is 5.75 Å². The number of methoxy groups -OCH3 is 1. The second-order valence-electron chi connectivity index (χ2n) is 6.83. The lowest BCUT2D eigenvalue weighted by Crippen LogP contribution is -2.35.